The van der Waals surface area contributed by atoms with Crippen LogP contribution in [0, 0.1) is 11.8 Å². The minimum Gasteiger partial charge on any atom is -0.378 e. The van der Waals surface area contributed by atoms with Gasteiger partial charge in [0.05, 0.1) is 6.10 Å². The van der Waals surface area contributed by atoms with E-state index >= 15 is 0 Å². The highest BCUT2D eigenvalue weighted by molar-refractivity contribution is 4.68. The van der Waals surface area contributed by atoms with Crippen molar-refractivity contribution in [1.82, 2.24) is 0 Å². The van der Waals surface area contributed by atoms with Crippen LogP contribution in [0.3, 0.4) is 0 Å². The fraction of sp³-hybridized carbons (Fsp3) is 1.00. The van der Waals surface area contributed by atoms with E-state index in [1.54, 1.807) is 0 Å². The number of hydrogen-bond acceptors (Lipinski definition) is 1. The zero-order valence-corrected chi connectivity index (χ0v) is 7.97. The fourth-order valence-corrected chi connectivity index (χ4v) is 1.62. The smallest absolute Gasteiger partial charge is 0.0598 e. The van der Waals surface area contributed by atoms with Gasteiger partial charge in [0.15, 0.2) is 0 Å². The average Bonchev–Trinajstić information content (AvgIpc) is 2.13. The van der Waals surface area contributed by atoms with E-state index in [1.807, 2.05) is 0 Å². The highest BCUT2D eigenvalue weighted by Crippen LogP contribution is 2.22. The highest BCUT2D eigenvalue weighted by atomic mass is 16.5. The number of rotatable bonds is 1. The summed E-state index contributed by atoms with van der Waals surface area (Å²) in [7, 11) is 0. The van der Waals surface area contributed by atoms with Gasteiger partial charge in [0, 0.05) is 6.61 Å². The quantitative estimate of drug-likeness (QED) is 0.567. The van der Waals surface area contributed by atoms with Crippen molar-refractivity contribution in [2.75, 3.05) is 6.61 Å². The predicted octanol–water partition coefficient (Wildman–Crippen LogP) is 2.85. The van der Waals surface area contributed by atoms with Crippen LogP contribution >= 0.6 is 0 Å². The molecule has 0 aromatic heterocycles. The molecule has 0 aliphatic carbocycles. The lowest BCUT2D eigenvalue weighted by Gasteiger charge is -2.18. The highest BCUT2D eigenvalue weighted by Gasteiger charge is 2.18. The van der Waals surface area contributed by atoms with Crippen LogP contribution in [0.15, 0.2) is 0 Å². The molecule has 66 valence electrons. The summed E-state index contributed by atoms with van der Waals surface area (Å²) < 4.78 is 5.73. The molecule has 1 fully saturated rings. The molecule has 1 aliphatic rings. The third-order valence-corrected chi connectivity index (χ3v) is 2.63. The Hall–Kier alpha value is -0.0400. The Morgan fingerprint density at radius 3 is 2.55 bits per heavy atom. The molecule has 0 saturated carbocycles. The van der Waals surface area contributed by atoms with E-state index in [0.29, 0.717) is 12.0 Å². The van der Waals surface area contributed by atoms with Crippen LogP contribution in [-0.4, -0.2) is 12.7 Å². The first kappa shape index (κ1) is 9.05. The molecular formula is C10H20O. The summed E-state index contributed by atoms with van der Waals surface area (Å²) in [5, 5.41) is 0. The van der Waals surface area contributed by atoms with E-state index in [9.17, 15) is 0 Å². The summed E-state index contributed by atoms with van der Waals surface area (Å²) in [5.74, 6) is 1.57. The molecule has 1 heteroatoms. The first-order chi connectivity index (χ1) is 5.20. The van der Waals surface area contributed by atoms with E-state index in [1.165, 1.54) is 19.3 Å². The van der Waals surface area contributed by atoms with Crippen molar-refractivity contribution >= 4 is 0 Å². The van der Waals surface area contributed by atoms with Crippen molar-refractivity contribution in [2.45, 2.75) is 46.1 Å². The lowest BCUT2D eigenvalue weighted by atomic mass is 9.97. The summed E-state index contributed by atoms with van der Waals surface area (Å²) >= 11 is 0. The van der Waals surface area contributed by atoms with Crippen LogP contribution < -0.4 is 0 Å². The van der Waals surface area contributed by atoms with Gasteiger partial charge in [0.25, 0.3) is 0 Å². The molecule has 11 heavy (non-hydrogen) atoms. The Morgan fingerprint density at radius 2 is 1.91 bits per heavy atom. The Bertz CT molecular complexity index is 109. The van der Waals surface area contributed by atoms with Gasteiger partial charge in [-0.2, -0.15) is 0 Å². The summed E-state index contributed by atoms with van der Waals surface area (Å²) in [4.78, 5) is 0. The van der Waals surface area contributed by atoms with E-state index < -0.39 is 0 Å². The third kappa shape index (κ3) is 2.82. The summed E-state index contributed by atoms with van der Waals surface area (Å²) in [5.41, 5.74) is 0. The molecule has 0 aromatic rings. The van der Waals surface area contributed by atoms with Crippen molar-refractivity contribution in [1.29, 1.82) is 0 Å². The second-order valence-electron chi connectivity index (χ2n) is 4.12. The number of hydrogen-bond donors (Lipinski definition) is 0. The minimum atomic E-state index is 0.528. The molecule has 1 saturated heterocycles. The van der Waals surface area contributed by atoms with Gasteiger partial charge < -0.3 is 4.74 Å². The maximum absolute atomic E-state index is 5.73. The van der Waals surface area contributed by atoms with Gasteiger partial charge in [-0.25, -0.2) is 0 Å². The second-order valence-corrected chi connectivity index (χ2v) is 4.12. The van der Waals surface area contributed by atoms with Gasteiger partial charge in [0.1, 0.15) is 0 Å². The molecular weight excluding hydrogens is 136 g/mol. The van der Waals surface area contributed by atoms with Gasteiger partial charge in [-0.3, -0.25) is 0 Å². The Morgan fingerprint density at radius 1 is 1.18 bits per heavy atom. The van der Waals surface area contributed by atoms with E-state index in [0.717, 1.165) is 12.5 Å². The zero-order chi connectivity index (χ0) is 8.27. The molecule has 1 nitrogen and oxygen atoms in total. The van der Waals surface area contributed by atoms with Crippen molar-refractivity contribution in [3.63, 3.8) is 0 Å². The molecule has 1 rings (SSSR count). The Kier molecular flexibility index (Phi) is 3.38. The first-order valence-electron chi connectivity index (χ1n) is 4.81. The van der Waals surface area contributed by atoms with Crippen LogP contribution in [0.1, 0.15) is 40.0 Å². The van der Waals surface area contributed by atoms with Crippen LogP contribution in [0.5, 0.6) is 0 Å². The molecule has 0 amide bonds. The molecule has 0 radical (unpaired) electrons. The molecule has 0 N–H and O–H groups in total. The summed E-state index contributed by atoms with van der Waals surface area (Å²) in [6.45, 7) is 7.80. The third-order valence-electron chi connectivity index (χ3n) is 2.63. The topological polar surface area (TPSA) is 9.23 Å². The van der Waals surface area contributed by atoms with Crippen LogP contribution in [0.25, 0.3) is 0 Å². The second kappa shape index (κ2) is 4.10. The van der Waals surface area contributed by atoms with Crippen molar-refractivity contribution in [3.8, 4) is 0 Å². The van der Waals surface area contributed by atoms with Crippen molar-refractivity contribution < 1.29 is 4.74 Å². The fourth-order valence-electron chi connectivity index (χ4n) is 1.62. The van der Waals surface area contributed by atoms with Crippen LogP contribution in [0.4, 0.5) is 0 Å². The maximum atomic E-state index is 5.73. The first-order valence-corrected chi connectivity index (χ1v) is 4.81. The summed E-state index contributed by atoms with van der Waals surface area (Å²) in [6.07, 6.45) is 4.39. The standard InChI is InChI=1S/C10H20O/c1-8(2)10-5-4-9(3)6-7-11-10/h8-10H,4-7H2,1-3H3/t9-,10+/m1/s1. The molecule has 0 spiro atoms. The molecule has 2 atom stereocenters. The van der Waals surface area contributed by atoms with Gasteiger partial charge in [-0.15, -0.1) is 0 Å². The van der Waals surface area contributed by atoms with E-state index in [-0.39, 0.29) is 0 Å². The summed E-state index contributed by atoms with van der Waals surface area (Å²) in [6, 6.07) is 0. The van der Waals surface area contributed by atoms with E-state index in [4.69, 9.17) is 4.74 Å². The van der Waals surface area contributed by atoms with Crippen LogP contribution in [-0.2, 0) is 4.74 Å². The molecule has 0 bridgehead atoms. The number of ether oxygens (including phenoxy) is 1. The predicted molar refractivity (Wildman–Crippen MR) is 47.6 cm³/mol. The largest absolute Gasteiger partial charge is 0.378 e. The average molecular weight is 156 g/mol. The van der Waals surface area contributed by atoms with Gasteiger partial charge >= 0.3 is 0 Å². The lowest BCUT2D eigenvalue weighted by molar-refractivity contribution is 0.0269. The van der Waals surface area contributed by atoms with Crippen LogP contribution in [0.2, 0.25) is 0 Å². The maximum Gasteiger partial charge on any atom is 0.0598 e. The minimum absolute atomic E-state index is 0.528. The molecule has 0 unspecified atom stereocenters. The Balaban J connectivity index is 2.34. The molecule has 1 aliphatic heterocycles. The molecule has 0 aromatic carbocycles. The van der Waals surface area contributed by atoms with Gasteiger partial charge in [-0.05, 0) is 31.1 Å². The van der Waals surface area contributed by atoms with Crippen molar-refractivity contribution in [2.24, 2.45) is 11.8 Å². The Labute approximate surface area is 70.1 Å². The van der Waals surface area contributed by atoms with Gasteiger partial charge in [-0.1, -0.05) is 20.8 Å². The molecule has 1 heterocycles. The van der Waals surface area contributed by atoms with E-state index in [2.05, 4.69) is 20.8 Å². The zero-order valence-electron chi connectivity index (χ0n) is 7.97. The normalized spacial score (nSPS) is 33.8. The lowest BCUT2D eigenvalue weighted by Crippen LogP contribution is -2.18. The SMILES string of the molecule is CC(C)[C@@H]1CC[C@@H](C)CCO1. The van der Waals surface area contributed by atoms with Gasteiger partial charge in [0.2, 0.25) is 0 Å². The monoisotopic (exact) mass is 156 g/mol. The van der Waals surface area contributed by atoms with Crippen molar-refractivity contribution in [3.05, 3.63) is 0 Å².